The minimum absolute atomic E-state index is 0.716. The molecule has 0 spiro atoms. The number of benzene rings is 1. The molecular formula is C19H24N4O. The molecule has 0 N–H and O–H groups in total. The van der Waals surface area contributed by atoms with Crippen molar-refractivity contribution in [3.8, 4) is 5.75 Å². The van der Waals surface area contributed by atoms with Gasteiger partial charge in [-0.2, -0.15) is 0 Å². The van der Waals surface area contributed by atoms with Crippen LogP contribution in [0, 0.1) is 11.8 Å². The third kappa shape index (κ3) is 3.22. The van der Waals surface area contributed by atoms with E-state index in [4.69, 9.17) is 4.74 Å². The molecule has 0 unspecified atom stereocenters. The summed E-state index contributed by atoms with van der Waals surface area (Å²) in [6, 6.07) is 10.3. The van der Waals surface area contributed by atoms with Crippen LogP contribution in [0.4, 0.5) is 5.95 Å². The molecule has 0 amide bonds. The van der Waals surface area contributed by atoms with Gasteiger partial charge in [-0.25, -0.2) is 9.97 Å². The Morgan fingerprint density at radius 1 is 1.08 bits per heavy atom. The zero-order valence-corrected chi connectivity index (χ0v) is 14.1. The highest BCUT2D eigenvalue weighted by Crippen LogP contribution is 2.33. The van der Waals surface area contributed by atoms with Crippen LogP contribution in [0.25, 0.3) is 0 Å². The highest BCUT2D eigenvalue weighted by atomic mass is 16.5. The second-order valence-electron chi connectivity index (χ2n) is 6.85. The maximum Gasteiger partial charge on any atom is 0.225 e. The van der Waals surface area contributed by atoms with Crippen molar-refractivity contribution < 1.29 is 4.74 Å². The summed E-state index contributed by atoms with van der Waals surface area (Å²) in [5, 5.41) is 0. The quantitative estimate of drug-likeness (QED) is 0.864. The van der Waals surface area contributed by atoms with E-state index >= 15 is 0 Å². The third-order valence-electron chi connectivity index (χ3n) is 5.25. The number of ether oxygens (including phenoxy) is 1. The molecule has 5 nitrogen and oxygen atoms in total. The van der Waals surface area contributed by atoms with Crippen molar-refractivity contribution >= 4 is 5.95 Å². The van der Waals surface area contributed by atoms with Gasteiger partial charge >= 0.3 is 0 Å². The molecule has 0 aliphatic carbocycles. The highest BCUT2D eigenvalue weighted by Gasteiger charge is 2.37. The first-order valence-corrected chi connectivity index (χ1v) is 8.69. The van der Waals surface area contributed by atoms with Crippen LogP contribution < -0.4 is 9.64 Å². The average molecular weight is 324 g/mol. The van der Waals surface area contributed by atoms with E-state index in [-0.39, 0.29) is 0 Å². The Bertz CT molecular complexity index is 678. The van der Waals surface area contributed by atoms with Gasteiger partial charge in [0.05, 0.1) is 7.11 Å². The van der Waals surface area contributed by atoms with Gasteiger partial charge in [0.15, 0.2) is 0 Å². The number of methoxy groups -OCH3 is 1. The molecule has 1 aromatic heterocycles. The van der Waals surface area contributed by atoms with Crippen LogP contribution in [-0.2, 0) is 6.54 Å². The number of aromatic nitrogens is 2. The van der Waals surface area contributed by atoms with Gasteiger partial charge in [0.1, 0.15) is 5.75 Å². The summed E-state index contributed by atoms with van der Waals surface area (Å²) in [5.41, 5.74) is 1.33. The van der Waals surface area contributed by atoms with Crippen LogP contribution in [0.5, 0.6) is 5.75 Å². The number of likely N-dealkylation sites (tertiary alicyclic amines) is 1. The van der Waals surface area contributed by atoms with Gasteiger partial charge in [-0.15, -0.1) is 0 Å². The van der Waals surface area contributed by atoms with Crippen molar-refractivity contribution in [2.24, 2.45) is 11.8 Å². The second kappa shape index (κ2) is 6.77. The molecule has 0 saturated carbocycles. The molecule has 2 fully saturated rings. The van der Waals surface area contributed by atoms with Crippen LogP contribution in [0.1, 0.15) is 12.0 Å². The molecule has 1 aromatic carbocycles. The van der Waals surface area contributed by atoms with Gasteiger partial charge < -0.3 is 9.64 Å². The van der Waals surface area contributed by atoms with Crippen LogP contribution in [0.15, 0.2) is 42.7 Å². The molecule has 4 rings (SSSR count). The molecule has 5 heteroatoms. The zero-order chi connectivity index (χ0) is 16.4. The van der Waals surface area contributed by atoms with E-state index in [1.54, 1.807) is 7.11 Å². The first-order chi connectivity index (χ1) is 11.8. The monoisotopic (exact) mass is 324 g/mol. The zero-order valence-electron chi connectivity index (χ0n) is 14.1. The number of fused-ring (bicyclic) bond motifs is 1. The first-order valence-electron chi connectivity index (χ1n) is 8.69. The molecule has 2 aliphatic rings. The van der Waals surface area contributed by atoms with Crippen molar-refractivity contribution in [2.45, 2.75) is 13.0 Å². The summed E-state index contributed by atoms with van der Waals surface area (Å²) in [5.74, 6) is 3.34. The molecular weight excluding hydrogens is 300 g/mol. The largest absolute Gasteiger partial charge is 0.497 e. The summed E-state index contributed by atoms with van der Waals surface area (Å²) in [6.45, 7) is 5.50. The van der Waals surface area contributed by atoms with Gasteiger partial charge in [-0.1, -0.05) is 12.1 Å². The number of hydrogen-bond donors (Lipinski definition) is 0. The number of piperidine rings is 1. The number of nitrogens with zero attached hydrogens (tertiary/aromatic N) is 4. The standard InChI is InChI=1S/C19H24N4O/c1-24-18-5-2-4-15(10-18)11-22-12-16-6-9-23(14-17(16)13-22)19-20-7-3-8-21-19/h2-5,7-8,10,16-17H,6,9,11-14H2,1H3/t16-,17-/m1/s1. The molecule has 0 bridgehead atoms. The van der Waals surface area contributed by atoms with Crippen molar-refractivity contribution in [1.82, 2.24) is 14.9 Å². The summed E-state index contributed by atoms with van der Waals surface area (Å²) in [7, 11) is 1.73. The lowest BCUT2D eigenvalue weighted by atomic mass is 9.89. The van der Waals surface area contributed by atoms with Crippen LogP contribution in [-0.4, -0.2) is 48.2 Å². The highest BCUT2D eigenvalue weighted by molar-refractivity contribution is 5.30. The van der Waals surface area contributed by atoms with Crippen LogP contribution in [0.2, 0.25) is 0 Å². The summed E-state index contributed by atoms with van der Waals surface area (Å²) in [4.78, 5) is 13.7. The lowest BCUT2D eigenvalue weighted by Crippen LogP contribution is -2.40. The SMILES string of the molecule is COc1cccc(CN2C[C@H]3CCN(c4ncccn4)C[C@H]3C2)c1. The fourth-order valence-corrected chi connectivity index (χ4v) is 4.06. The Labute approximate surface area is 143 Å². The van der Waals surface area contributed by atoms with Crippen molar-refractivity contribution in [3.05, 3.63) is 48.3 Å². The summed E-state index contributed by atoms with van der Waals surface area (Å²) < 4.78 is 5.34. The van der Waals surface area contributed by atoms with Gasteiger partial charge in [0.25, 0.3) is 0 Å². The Morgan fingerprint density at radius 2 is 1.92 bits per heavy atom. The molecule has 2 atom stereocenters. The topological polar surface area (TPSA) is 41.5 Å². The molecule has 2 saturated heterocycles. The van der Waals surface area contributed by atoms with E-state index in [1.807, 2.05) is 24.5 Å². The average Bonchev–Trinajstić information content (AvgIpc) is 3.04. The van der Waals surface area contributed by atoms with Gasteiger partial charge in [0, 0.05) is 45.1 Å². The third-order valence-corrected chi connectivity index (χ3v) is 5.25. The van der Waals surface area contributed by atoms with E-state index in [9.17, 15) is 0 Å². The lowest BCUT2D eigenvalue weighted by molar-refractivity contribution is 0.313. The minimum Gasteiger partial charge on any atom is -0.497 e. The fraction of sp³-hybridized carbons (Fsp3) is 0.474. The van der Waals surface area contributed by atoms with Crippen molar-refractivity contribution in [1.29, 1.82) is 0 Å². The van der Waals surface area contributed by atoms with Crippen LogP contribution in [0.3, 0.4) is 0 Å². The Balaban J connectivity index is 1.39. The van der Waals surface area contributed by atoms with E-state index in [0.717, 1.165) is 43.8 Å². The van der Waals surface area contributed by atoms with E-state index in [2.05, 4.69) is 38.0 Å². The summed E-state index contributed by atoms with van der Waals surface area (Å²) in [6.07, 6.45) is 4.90. The Hall–Kier alpha value is -2.14. The molecule has 3 heterocycles. The van der Waals surface area contributed by atoms with Crippen molar-refractivity contribution in [3.63, 3.8) is 0 Å². The Kier molecular flexibility index (Phi) is 4.34. The van der Waals surface area contributed by atoms with Gasteiger partial charge in [0.2, 0.25) is 5.95 Å². The first kappa shape index (κ1) is 15.4. The maximum atomic E-state index is 5.34. The molecule has 24 heavy (non-hydrogen) atoms. The number of hydrogen-bond acceptors (Lipinski definition) is 5. The smallest absolute Gasteiger partial charge is 0.225 e. The normalized spacial score (nSPS) is 24.0. The van der Waals surface area contributed by atoms with E-state index in [1.165, 1.54) is 18.5 Å². The fourth-order valence-electron chi connectivity index (χ4n) is 4.06. The van der Waals surface area contributed by atoms with E-state index in [0.29, 0.717) is 5.92 Å². The van der Waals surface area contributed by atoms with Gasteiger partial charge in [-0.3, -0.25) is 4.90 Å². The van der Waals surface area contributed by atoms with E-state index < -0.39 is 0 Å². The minimum atomic E-state index is 0.716. The van der Waals surface area contributed by atoms with Crippen LogP contribution >= 0.6 is 0 Å². The predicted octanol–water partition coefficient (Wildman–Crippen LogP) is 2.44. The predicted molar refractivity (Wildman–Crippen MR) is 94.1 cm³/mol. The number of rotatable bonds is 4. The van der Waals surface area contributed by atoms with Crippen molar-refractivity contribution in [2.75, 3.05) is 38.2 Å². The number of anilines is 1. The second-order valence-corrected chi connectivity index (χ2v) is 6.85. The molecule has 0 radical (unpaired) electrons. The lowest BCUT2D eigenvalue weighted by Gasteiger charge is -2.34. The molecule has 126 valence electrons. The maximum absolute atomic E-state index is 5.34. The molecule has 2 aromatic rings. The summed E-state index contributed by atoms with van der Waals surface area (Å²) >= 11 is 0. The molecule has 2 aliphatic heterocycles. The van der Waals surface area contributed by atoms with Gasteiger partial charge in [-0.05, 0) is 42.0 Å². The Morgan fingerprint density at radius 3 is 2.75 bits per heavy atom.